The van der Waals surface area contributed by atoms with Crippen molar-refractivity contribution in [3.63, 3.8) is 0 Å². The van der Waals surface area contributed by atoms with E-state index >= 15 is 0 Å². The number of hydrogen-bond donors (Lipinski definition) is 0. The summed E-state index contributed by atoms with van der Waals surface area (Å²) in [4.78, 5) is 0. The standard InChI is InChI=1S/C8H6F13N/c9-4(10,2-1-3-5(11,12)22(20)21)6(13,14)7(15,16)8(17,18)19/h1-3H2. The maximum Gasteiger partial charge on any atom is 0.460 e. The predicted molar refractivity (Wildman–Crippen MR) is 43.7 cm³/mol. The van der Waals surface area contributed by atoms with Gasteiger partial charge in [-0.15, -0.1) is 0 Å². The van der Waals surface area contributed by atoms with Gasteiger partial charge >= 0.3 is 30.0 Å². The monoisotopic (exact) mass is 363 g/mol. The predicted octanol–water partition coefficient (Wildman–Crippen LogP) is 5.29. The third kappa shape index (κ3) is 3.87. The number of alkyl halides is 11. The van der Waals surface area contributed by atoms with E-state index < -0.39 is 54.6 Å². The Kier molecular flexibility index (Phi) is 5.67. The van der Waals surface area contributed by atoms with Crippen LogP contribution >= 0.6 is 0 Å². The van der Waals surface area contributed by atoms with Crippen LogP contribution in [0.15, 0.2) is 0 Å². The molecule has 0 radical (unpaired) electrons. The molecule has 0 aliphatic rings. The molecule has 22 heavy (non-hydrogen) atoms. The highest BCUT2D eigenvalue weighted by Crippen LogP contribution is 2.54. The molecule has 0 N–H and O–H groups in total. The van der Waals surface area contributed by atoms with Crippen LogP contribution < -0.4 is 0 Å². The first-order valence-electron chi connectivity index (χ1n) is 5.10. The van der Waals surface area contributed by atoms with Gasteiger partial charge in [0.1, 0.15) is 0 Å². The first-order chi connectivity index (χ1) is 9.40. The second-order valence-corrected chi connectivity index (χ2v) is 4.10. The highest BCUT2D eigenvalue weighted by molar-refractivity contribution is 5.00. The molecule has 134 valence electrons. The van der Waals surface area contributed by atoms with Crippen LogP contribution in [0.25, 0.3) is 0 Å². The summed E-state index contributed by atoms with van der Waals surface area (Å²) < 4.78 is 158. The quantitative estimate of drug-likeness (QED) is 0.338. The average molecular weight is 363 g/mol. The van der Waals surface area contributed by atoms with E-state index in [1.165, 1.54) is 0 Å². The van der Waals surface area contributed by atoms with Crippen LogP contribution in [0.4, 0.5) is 57.3 Å². The minimum atomic E-state index is -7.14. The lowest BCUT2D eigenvalue weighted by molar-refractivity contribution is -0.397. The molecule has 0 heterocycles. The zero-order valence-corrected chi connectivity index (χ0v) is 9.98. The first-order valence-corrected chi connectivity index (χ1v) is 5.10. The maximum absolute atomic E-state index is 12.8. The lowest BCUT2D eigenvalue weighted by Gasteiger charge is -2.33. The summed E-state index contributed by atoms with van der Waals surface area (Å²) in [6.07, 6.45) is -13.6. The Morgan fingerprint density at radius 2 is 1.00 bits per heavy atom. The van der Waals surface area contributed by atoms with Gasteiger partial charge in [-0.05, 0) is 6.42 Å². The van der Waals surface area contributed by atoms with Crippen LogP contribution in [0.1, 0.15) is 19.3 Å². The second-order valence-electron chi connectivity index (χ2n) is 4.10. The van der Waals surface area contributed by atoms with Gasteiger partial charge in [-0.2, -0.15) is 48.3 Å². The van der Waals surface area contributed by atoms with Crippen molar-refractivity contribution < 1.29 is 57.3 Å². The molecule has 0 aliphatic carbocycles. The molecule has 0 bridgehead atoms. The molecule has 0 aromatic carbocycles. The highest BCUT2D eigenvalue weighted by Gasteiger charge is 2.81. The van der Waals surface area contributed by atoms with Crippen LogP contribution in [0.5, 0.6) is 0 Å². The van der Waals surface area contributed by atoms with Gasteiger partial charge < -0.3 is 0 Å². The van der Waals surface area contributed by atoms with Crippen molar-refractivity contribution in [1.82, 2.24) is 5.34 Å². The minimum absolute atomic E-state index is 1.87. The fourth-order valence-electron chi connectivity index (χ4n) is 1.17. The van der Waals surface area contributed by atoms with Gasteiger partial charge in [-0.25, -0.2) is 0 Å². The Balaban J connectivity index is 5.08. The van der Waals surface area contributed by atoms with Crippen molar-refractivity contribution in [2.45, 2.75) is 49.3 Å². The van der Waals surface area contributed by atoms with E-state index in [0.29, 0.717) is 0 Å². The zero-order valence-electron chi connectivity index (χ0n) is 9.98. The summed E-state index contributed by atoms with van der Waals surface area (Å²) in [6, 6.07) is -5.03. The van der Waals surface area contributed by atoms with E-state index in [9.17, 15) is 57.3 Å². The molecule has 1 nitrogen and oxygen atoms in total. The molecule has 0 aromatic rings. The molecular formula is C8H6F13N. The Morgan fingerprint density at radius 1 is 0.591 bits per heavy atom. The maximum atomic E-state index is 12.8. The van der Waals surface area contributed by atoms with Crippen molar-refractivity contribution >= 4 is 0 Å². The Morgan fingerprint density at radius 3 is 1.32 bits per heavy atom. The topological polar surface area (TPSA) is 3.24 Å². The zero-order chi connectivity index (χ0) is 18.2. The largest absolute Gasteiger partial charge is 0.460 e. The van der Waals surface area contributed by atoms with Crippen LogP contribution in [0.3, 0.4) is 0 Å². The highest BCUT2D eigenvalue weighted by atomic mass is 19.4. The van der Waals surface area contributed by atoms with Crippen LogP contribution in [-0.4, -0.2) is 35.3 Å². The third-order valence-corrected chi connectivity index (χ3v) is 2.43. The number of nitrogens with zero attached hydrogens (tertiary/aromatic N) is 1. The molecule has 0 spiro atoms. The minimum Gasteiger partial charge on any atom is -0.200 e. The molecule has 0 aromatic heterocycles. The Hall–Kier alpha value is -0.950. The van der Waals surface area contributed by atoms with E-state index in [2.05, 4.69) is 0 Å². The fourth-order valence-corrected chi connectivity index (χ4v) is 1.17. The molecule has 0 unspecified atom stereocenters. The average Bonchev–Trinajstić information content (AvgIpc) is 2.25. The Labute approximate surface area is 113 Å². The van der Waals surface area contributed by atoms with Gasteiger partial charge in [0.25, 0.3) is 0 Å². The lowest BCUT2D eigenvalue weighted by atomic mass is 9.98. The summed E-state index contributed by atoms with van der Waals surface area (Å²) in [5.74, 6) is -20.1. The van der Waals surface area contributed by atoms with E-state index in [1.54, 1.807) is 0 Å². The SMILES string of the molecule is FN(F)C(F)(F)CCCC(F)(F)C(F)(F)C(F)(F)C(F)(F)F. The Bertz CT molecular complexity index is 371. The van der Waals surface area contributed by atoms with Crippen molar-refractivity contribution in [2.75, 3.05) is 0 Å². The van der Waals surface area contributed by atoms with Gasteiger partial charge in [0.2, 0.25) is 0 Å². The summed E-state index contributed by atoms with van der Waals surface area (Å²) >= 11 is 0. The molecule has 14 heteroatoms. The molecule has 0 fully saturated rings. The molecule has 0 amide bonds. The number of halogens is 13. The van der Waals surface area contributed by atoms with Gasteiger partial charge in [-0.1, -0.05) is 8.96 Å². The van der Waals surface area contributed by atoms with Crippen molar-refractivity contribution in [3.05, 3.63) is 0 Å². The molecule has 0 saturated heterocycles. The van der Waals surface area contributed by atoms with E-state index in [-0.39, 0.29) is 0 Å². The van der Waals surface area contributed by atoms with Crippen LogP contribution in [0, 0.1) is 0 Å². The molecule has 0 atom stereocenters. The third-order valence-electron chi connectivity index (χ3n) is 2.43. The summed E-state index contributed by atoms with van der Waals surface area (Å²) in [5.41, 5.74) is 0. The summed E-state index contributed by atoms with van der Waals surface area (Å²) in [5, 5.41) is -2.74. The van der Waals surface area contributed by atoms with Crippen LogP contribution in [-0.2, 0) is 0 Å². The molecule has 0 rings (SSSR count). The smallest absolute Gasteiger partial charge is 0.200 e. The number of hydrogen-bond acceptors (Lipinski definition) is 1. The lowest BCUT2D eigenvalue weighted by Crippen LogP contribution is -2.60. The van der Waals surface area contributed by atoms with Crippen molar-refractivity contribution in [2.24, 2.45) is 0 Å². The number of rotatable bonds is 7. The van der Waals surface area contributed by atoms with E-state index in [1.807, 2.05) is 0 Å². The molecule has 0 saturated carbocycles. The van der Waals surface area contributed by atoms with E-state index in [0.717, 1.165) is 0 Å². The fraction of sp³-hybridized carbons (Fsp3) is 1.00. The van der Waals surface area contributed by atoms with Gasteiger partial charge in [-0.3, -0.25) is 0 Å². The van der Waals surface area contributed by atoms with Gasteiger partial charge in [0.05, 0.1) is 5.34 Å². The van der Waals surface area contributed by atoms with E-state index in [4.69, 9.17) is 0 Å². The normalized spacial score (nSPS) is 15.5. The molecular weight excluding hydrogens is 357 g/mol. The molecule has 0 aliphatic heterocycles. The summed E-state index contributed by atoms with van der Waals surface area (Å²) in [7, 11) is 0. The second kappa shape index (κ2) is 5.92. The van der Waals surface area contributed by atoms with Crippen molar-refractivity contribution in [1.29, 1.82) is 0 Å². The van der Waals surface area contributed by atoms with Gasteiger partial charge in [0.15, 0.2) is 0 Å². The first kappa shape index (κ1) is 21.0. The summed E-state index contributed by atoms with van der Waals surface area (Å²) in [6.45, 7) is 0. The van der Waals surface area contributed by atoms with Crippen molar-refractivity contribution in [3.8, 4) is 0 Å². The van der Waals surface area contributed by atoms with Gasteiger partial charge in [0, 0.05) is 12.8 Å². The van der Waals surface area contributed by atoms with Crippen LogP contribution in [0.2, 0.25) is 0 Å².